The molecule has 1 aliphatic rings. The fraction of sp³-hybridized carbons (Fsp3) is 0.750. The Morgan fingerprint density at radius 3 is 2.87 bits per heavy atom. The first kappa shape index (κ1) is 12.2. The van der Waals surface area contributed by atoms with Crippen LogP contribution in [0.1, 0.15) is 32.6 Å². The Kier molecular flexibility index (Phi) is 5.40. The molecule has 1 aliphatic carbocycles. The molecule has 0 saturated heterocycles. The second-order valence-corrected chi connectivity index (χ2v) is 4.11. The Morgan fingerprint density at radius 2 is 2.33 bits per heavy atom. The summed E-state index contributed by atoms with van der Waals surface area (Å²) in [4.78, 5) is 13.6. The van der Waals surface area contributed by atoms with E-state index in [1.807, 2.05) is 4.90 Å². The molecule has 0 radical (unpaired) electrons. The van der Waals surface area contributed by atoms with Crippen LogP contribution in [0.4, 0.5) is 0 Å². The minimum Gasteiger partial charge on any atom is -0.339 e. The van der Waals surface area contributed by atoms with Gasteiger partial charge in [-0.05, 0) is 19.3 Å². The Hall–Kier alpha value is -0.830. The van der Waals surface area contributed by atoms with Gasteiger partial charge in [-0.1, -0.05) is 13.0 Å². The van der Waals surface area contributed by atoms with Gasteiger partial charge in [0.05, 0.1) is 0 Å². The average Bonchev–Trinajstić information content (AvgIpc) is 3.01. The number of hydrogen-bond acceptors (Lipinski definition) is 2. The summed E-state index contributed by atoms with van der Waals surface area (Å²) in [5.41, 5.74) is 0. The maximum Gasteiger partial charge on any atom is 0.224 e. The number of nitrogens with one attached hydrogen (secondary N) is 1. The number of hydrogen-bond donors (Lipinski definition) is 1. The van der Waals surface area contributed by atoms with Gasteiger partial charge >= 0.3 is 0 Å². The molecule has 15 heavy (non-hydrogen) atoms. The lowest BCUT2D eigenvalue weighted by molar-refractivity contribution is -0.130. The maximum absolute atomic E-state index is 11.8. The van der Waals surface area contributed by atoms with Crippen LogP contribution < -0.4 is 5.32 Å². The third-order valence-electron chi connectivity index (χ3n) is 2.54. The van der Waals surface area contributed by atoms with E-state index in [1.165, 1.54) is 12.8 Å². The normalized spacial score (nSPS) is 15.0. The summed E-state index contributed by atoms with van der Waals surface area (Å²) in [6.45, 7) is 8.10. The Bertz CT molecular complexity index is 212. The smallest absolute Gasteiger partial charge is 0.224 e. The monoisotopic (exact) mass is 210 g/mol. The summed E-state index contributed by atoms with van der Waals surface area (Å²) in [7, 11) is 0. The first-order chi connectivity index (χ1) is 7.27. The number of carbonyl (C=O) groups is 1. The van der Waals surface area contributed by atoms with Crippen LogP contribution in [0, 0.1) is 0 Å². The van der Waals surface area contributed by atoms with Crippen molar-refractivity contribution in [3.8, 4) is 0 Å². The summed E-state index contributed by atoms with van der Waals surface area (Å²) < 4.78 is 0. The molecule has 0 aromatic heterocycles. The van der Waals surface area contributed by atoms with Gasteiger partial charge in [-0.3, -0.25) is 4.79 Å². The topological polar surface area (TPSA) is 32.3 Å². The minimum absolute atomic E-state index is 0.241. The molecular formula is C12H22N2O. The molecule has 86 valence electrons. The lowest BCUT2D eigenvalue weighted by Gasteiger charge is -2.20. The van der Waals surface area contributed by atoms with Gasteiger partial charge in [0.1, 0.15) is 0 Å². The quantitative estimate of drug-likeness (QED) is 0.617. The third-order valence-corrected chi connectivity index (χ3v) is 2.54. The number of carbonyl (C=O) groups excluding carboxylic acids is 1. The zero-order chi connectivity index (χ0) is 11.1. The van der Waals surface area contributed by atoms with Crippen LogP contribution in [0.15, 0.2) is 12.7 Å². The van der Waals surface area contributed by atoms with Crippen molar-refractivity contribution >= 4 is 5.91 Å². The zero-order valence-electron chi connectivity index (χ0n) is 9.67. The fourth-order valence-corrected chi connectivity index (χ4v) is 1.57. The molecule has 0 bridgehead atoms. The molecule has 1 fully saturated rings. The summed E-state index contributed by atoms with van der Waals surface area (Å²) in [6.07, 6.45) is 5.97. The number of amides is 1. The number of rotatable bonds is 8. The molecule has 0 aromatic carbocycles. The van der Waals surface area contributed by atoms with Crippen LogP contribution in [-0.4, -0.2) is 36.5 Å². The molecule has 0 aliphatic heterocycles. The van der Waals surface area contributed by atoms with E-state index in [9.17, 15) is 4.79 Å². The third kappa shape index (κ3) is 4.98. The average molecular weight is 210 g/mol. The van der Waals surface area contributed by atoms with E-state index in [0.717, 1.165) is 19.5 Å². The van der Waals surface area contributed by atoms with Gasteiger partial charge in [0.25, 0.3) is 0 Å². The maximum atomic E-state index is 11.8. The predicted molar refractivity (Wildman–Crippen MR) is 62.7 cm³/mol. The van der Waals surface area contributed by atoms with Crippen LogP contribution in [0.25, 0.3) is 0 Å². The SMILES string of the molecule is C=CCN(CCC)C(=O)CCNC1CC1. The molecule has 1 N–H and O–H groups in total. The van der Waals surface area contributed by atoms with Gasteiger partial charge in [0.15, 0.2) is 0 Å². The van der Waals surface area contributed by atoms with Gasteiger partial charge in [-0.2, -0.15) is 0 Å². The van der Waals surface area contributed by atoms with E-state index in [-0.39, 0.29) is 5.91 Å². The van der Waals surface area contributed by atoms with Crippen LogP contribution in [-0.2, 0) is 4.79 Å². The van der Waals surface area contributed by atoms with Crippen molar-refractivity contribution in [2.75, 3.05) is 19.6 Å². The molecule has 0 spiro atoms. The van der Waals surface area contributed by atoms with E-state index in [2.05, 4.69) is 18.8 Å². The highest BCUT2D eigenvalue weighted by Gasteiger charge is 2.20. The molecule has 0 aromatic rings. The van der Waals surface area contributed by atoms with Gasteiger partial charge in [0, 0.05) is 32.1 Å². The second kappa shape index (κ2) is 6.62. The first-order valence-electron chi connectivity index (χ1n) is 5.90. The Balaban J connectivity index is 2.17. The van der Waals surface area contributed by atoms with Gasteiger partial charge < -0.3 is 10.2 Å². The molecule has 0 atom stereocenters. The van der Waals surface area contributed by atoms with Crippen LogP contribution in [0.3, 0.4) is 0 Å². The van der Waals surface area contributed by atoms with Crippen LogP contribution >= 0.6 is 0 Å². The molecule has 0 unspecified atom stereocenters. The van der Waals surface area contributed by atoms with Crippen molar-refractivity contribution < 1.29 is 4.79 Å². The predicted octanol–water partition coefficient (Wildman–Crippen LogP) is 1.55. The van der Waals surface area contributed by atoms with Crippen LogP contribution in [0.5, 0.6) is 0 Å². The van der Waals surface area contributed by atoms with Crippen molar-refractivity contribution in [1.29, 1.82) is 0 Å². The van der Waals surface area contributed by atoms with E-state index in [1.54, 1.807) is 6.08 Å². The first-order valence-corrected chi connectivity index (χ1v) is 5.90. The molecule has 1 amide bonds. The van der Waals surface area contributed by atoms with Crippen molar-refractivity contribution in [3.63, 3.8) is 0 Å². The van der Waals surface area contributed by atoms with Gasteiger partial charge in [-0.15, -0.1) is 6.58 Å². The highest BCUT2D eigenvalue weighted by atomic mass is 16.2. The van der Waals surface area contributed by atoms with E-state index < -0.39 is 0 Å². The lowest BCUT2D eigenvalue weighted by Crippen LogP contribution is -2.34. The molecule has 0 heterocycles. The summed E-state index contributed by atoms with van der Waals surface area (Å²) in [5, 5.41) is 3.35. The van der Waals surface area contributed by atoms with Crippen molar-refractivity contribution in [3.05, 3.63) is 12.7 Å². The van der Waals surface area contributed by atoms with E-state index >= 15 is 0 Å². The Morgan fingerprint density at radius 1 is 1.60 bits per heavy atom. The number of nitrogens with zero attached hydrogens (tertiary/aromatic N) is 1. The summed E-state index contributed by atoms with van der Waals surface area (Å²) in [6, 6.07) is 0.692. The van der Waals surface area contributed by atoms with Crippen LogP contribution in [0.2, 0.25) is 0 Å². The standard InChI is InChI=1S/C12H22N2O/c1-3-9-14(10-4-2)12(15)7-8-13-11-5-6-11/h3,11,13H,1,4-10H2,2H3. The van der Waals surface area contributed by atoms with E-state index in [4.69, 9.17) is 0 Å². The van der Waals surface area contributed by atoms with Crippen molar-refractivity contribution in [1.82, 2.24) is 10.2 Å². The summed E-state index contributed by atoms with van der Waals surface area (Å²) in [5.74, 6) is 0.241. The Labute approximate surface area is 92.5 Å². The molecule has 1 saturated carbocycles. The van der Waals surface area contributed by atoms with Crippen molar-refractivity contribution in [2.24, 2.45) is 0 Å². The highest BCUT2D eigenvalue weighted by Crippen LogP contribution is 2.18. The molecule has 3 nitrogen and oxygen atoms in total. The van der Waals surface area contributed by atoms with E-state index in [0.29, 0.717) is 19.0 Å². The largest absolute Gasteiger partial charge is 0.339 e. The zero-order valence-corrected chi connectivity index (χ0v) is 9.67. The molecular weight excluding hydrogens is 188 g/mol. The molecule has 3 heteroatoms. The minimum atomic E-state index is 0.241. The lowest BCUT2D eigenvalue weighted by atomic mass is 10.3. The molecule has 1 rings (SSSR count). The second-order valence-electron chi connectivity index (χ2n) is 4.11. The van der Waals surface area contributed by atoms with Crippen molar-refractivity contribution in [2.45, 2.75) is 38.6 Å². The van der Waals surface area contributed by atoms with Gasteiger partial charge in [0.2, 0.25) is 5.91 Å². The van der Waals surface area contributed by atoms with Gasteiger partial charge in [-0.25, -0.2) is 0 Å². The fourth-order valence-electron chi connectivity index (χ4n) is 1.57. The summed E-state index contributed by atoms with van der Waals surface area (Å²) >= 11 is 0. The highest BCUT2D eigenvalue weighted by molar-refractivity contribution is 5.76.